The molecule has 0 aliphatic carbocycles. The Morgan fingerprint density at radius 2 is 2.07 bits per heavy atom. The Bertz CT molecular complexity index is 307. The molecule has 0 spiro atoms. The van der Waals surface area contributed by atoms with Gasteiger partial charge in [0.05, 0.1) is 6.10 Å². The first kappa shape index (κ1) is 12.1. The molecule has 1 aromatic carbocycles. The maximum absolute atomic E-state index is 9.55. The van der Waals surface area contributed by atoms with E-state index in [0.29, 0.717) is 6.61 Å². The van der Waals surface area contributed by atoms with Crippen LogP contribution >= 0.6 is 0 Å². The summed E-state index contributed by atoms with van der Waals surface area (Å²) in [5, 5.41) is 9.55. The second kappa shape index (κ2) is 5.76. The fourth-order valence-corrected chi connectivity index (χ4v) is 1.47. The van der Waals surface area contributed by atoms with E-state index in [2.05, 4.69) is 13.0 Å². The van der Waals surface area contributed by atoms with Gasteiger partial charge in [0.1, 0.15) is 12.4 Å². The Morgan fingerprint density at radius 1 is 1.33 bits per heavy atom. The third kappa shape index (κ3) is 3.92. The molecule has 2 heteroatoms. The maximum atomic E-state index is 9.55. The lowest BCUT2D eigenvalue weighted by atomic mass is 10.1. The highest BCUT2D eigenvalue weighted by Crippen LogP contribution is 2.19. The highest BCUT2D eigenvalue weighted by atomic mass is 16.5. The Kier molecular flexibility index (Phi) is 4.63. The van der Waals surface area contributed by atoms with Gasteiger partial charge in [-0.1, -0.05) is 25.5 Å². The number of ether oxygens (including phenoxy) is 1. The molecule has 0 saturated heterocycles. The van der Waals surface area contributed by atoms with E-state index in [1.807, 2.05) is 26.0 Å². The molecular formula is C13H20O2. The van der Waals surface area contributed by atoms with Gasteiger partial charge < -0.3 is 9.84 Å². The monoisotopic (exact) mass is 208 g/mol. The second-order valence-electron chi connectivity index (χ2n) is 4.02. The van der Waals surface area contributed by atoms with Gasteiger partial charge in [-0.25, -0.2) is 0 Å². The van der Waals surface area contributed by atoms with Crippen molar-refractivity contribution in [1.82, 2.24) is 0 Å². The van der Waals surface area contributed by atoms with Gasteiger partial charge in [-0.05, 0) is 37.5 Å². The average molecular weight is 208 g/mol. The van der Waals surface area contributed by atoms with E-state index in [-0.39, 0.29) is 6.10 Å². The molecule has 84 valence electrons. The molecule has 0 bridgehead atoms. The molecular weight excluding hydrogens is 188 g/mol. The molecule has 1 rings (SSSR count). The number of hydrogen-bond acceptors (Lipinski definition) is 2. The van der Waals surface area contributed by atoms with Crippen LogP contribution in [-0.2, 0) is 0 Å². The first-order valence-corrected chi connectivity index (χ1v) is 5.51. The molecule has 0 amide bonds. The van der Waals surface area contributed by atoms with Gasteiger partial charge in [-0.2, -0.15) is 0 Å². The molecule has 1 unspecified atom stereocenters. The average Bonchev–Trinajstić information content (AvgIpc) is 2.20. The zero-order chi connectivity index (χ0) is 11.3. The zero-order valence-corrected chi connectivity index (χ0v) is 9.79. The van der Waals surface area contributed by atoms with E-state index in [0.717, 1.165) is 24.2 Å². The molecule has 0 radical (unpaired) electrons. The minimum absolute atomic E-state index is 0.352. The van der Waals surface area contributed by atoms with Crippen molar-refractivity contribution in [3.8, 4) is 5.75 Å². The summed E-state index contributed by atoms with van der Waals surface area (Å²) in [6.45, 7) is 6.50. The Hall–Kier alpha value is -1.02. The summed E-state index contributed by atoms with van der Waals surface area (Å²) in [4.78, 5) is 0. The van der Waals surface area contributed by atoms with Crippen molar-refractivity contribution in [2.24, 2.45) is 0 Å². The normalized spacial score (nSPS) is 12.5. The lowest BCUT2D eigenvalue weighted by molar-refractivity contribution is 0.0990. The van der Waals surface area contributed by atoms with Crippen LogP contribution in [0.15, 0.2) is 18.2 Å². The first-order chi connectivity index (χ1) is 7.13. The largest absolute Gasteiger partial charge is 0.491 e. The Balaban J connectivity index is 2.53. The molecule has 1 N–H and O–H groups in total. The van der Waals surface area contributed by atoms with Crippen LogP contribution in [0, 0.1) is 13.8 Å². The summed E-state index contributed by atoms with van der Waals surface area (Å²) in [5.74, 6) is 0.880. The van der Waals surface area contributed by atoms with E-state index in [1.54, 1.807) is 0 Å². The molecule has 0 aliphatic heterocycles. The van der Waals surface area contributed by atoms with Crippen LogP contribution in [0.1, 0.15) is 30.9 Å². The lowest BCUT2D eigenvalue weighted by Crippen LogP contribution is -2.17. The number of hydrogen-bond donors (Lipinski definition) is 1. The van der Waals surface area contributed by atoms with Gasteiger partial charge >= 0.3 is 0 Å². The van der Waals surface area contributed by atoms with Gasteiger partial charge in [0.25, 0.3) is 0 Å². The van der Waals surface area contributed by atoms with E-state index in [9.17, 15) is 5.11 Å². The summed E-state index contributed by atoms with van der Waals surface area (Å²) < 4.78 is 5.58. The van der Waals surface area contributed by atoms with E-state index < -0.39 is 0 Å². The minimum Gasteiger partial charge on any atom is -0.491 e. The molecule has 1 aromatic rings. The smallest absolute Gasteiger partial charge is 0.122 e. The van der Waals surface area contributed by atoms with Crippen LogP contribution in [-0.4, -0.2) is 17.8 Å². The van der Waals surface area contributed by atoms with Crippen LogP contribution in [0.3, 0.4) is 0 Å². The molecule has 1 atom stereocenters. The van der Waals surface area contributed by atoms with E-state index in [4.69, 9.17) is 4.74 Å². The van der Waals surface area contributed by atoms with Gasteiger partial charge in [0.15, 0.2) is 0 Å². The van der Waals surface area contributed by atoms with E-state index in [1.165, 1.54) is 5.56 Å². The van der Waals surface area contributed by atoms with Crippen LogP contribution in [0.5, 0.6) is 5.75 Å². The van der Waals surface area contributed by atoms with Gasteiger partial charge in [0.2, 0.25) is 0 Å². The quantitative estimate of drug-likeness (QED) is 0.806. The van der Waals surface area contributed by atoms with Crippen molar-refractivity contribution < 1.29 is 9.84 Å². The highest BCUT2D eigenvalue weighted by Gasteiger charge is 2.05. The number of rotatable bonds is 5. The highest BCUT2D eigenvalue weighted by molar-refractivity contribution is 5.35. The van der Waals surface area contributed by atoms with Crippen molar-refractivity contribution in [2.75, 3.05) is 6.61 Å². The minimum atomic E-state index is -0.352. The van der Waals surface area contributed by atoms with Crippen molar-refractivity contribution >= 4 is 0 Å². The summed E-state index contributed by atoms with van der Waals surface area (Å²) in [5.41, 5.74) is 2.30. The molecule has 0 aliphatic rings. The number of benzene rings is 1. The molecule has 0 heterocycles. The number of aryl methyl sites for hydroxylation is 2. The van der Waals surface area contributed by atoms with Crippen molar-refractivity contribution in [2.45, 2.75) is 39.7 Å². The Labute approximate surface area is 91.9 Å². The molecule has 0 saturated carbocycles. The maximum Gasteiger partial charge on any atom is 0.122 e. The molecule has 0 aromatic heterocycles. The van der Waals surface area contributed by atoms with Crippen LogP contribution < -0.4 is 4.74 Å². The predicted molar refractivity (Wildman–Crippen MR) is 62.3 cm³/mol. The van der Waals surface area contributed by atoms with Crippen molar-refractivity contribution in [1.29, 1.82) is 0 Å². The fraction of sp³-hybridized carbons (Fsp3) is 0.538. The summed E-state index contributed by atoms with van der Waals surface area (Å²) in [6.07, 6.45) is 1.43. The van der Waals surface area contributed by atoms with Crippen LogP contribution in [0.2, 0.25) is 0 Å². The summed E-state index contributed by atoms with van der Waals surface area (Å²) in [6, 6.07) is 6.11. The topological polar surface area (TPSA) is 29.5 Å². The zero-order valence-electron chi connectivity index (χ0n) is 9.79. The van der Waals surface area contributed by atoms with Crippen LogP contribution in [0.25, 0.3) is 0 Å². The second-order valence-corrected chi connectivity index (χ2v) is 4.02. The number of aliphatic hydroxyl groups is 1. The van der Waals surface area contributed by atoms with Gasteiger partial charge in [0, 0.05) is 0 Å². The van der Waals surface area contributed by atoms with E-state index >= 15 is 0 Å². The van der Waals surface area contributed by atoms with Gasteiger partial charge in [-0.3, -0.25) is 0 Å². The summed E-state index contributed by atoms with van der Waals surface area (Å²) in [7, 11) is 0. The predicted octanol–water partition coefficient (Wildman–Crippen LogP) is 2.84. The van der Waals surface area contributed by atoms with Crippen molar-refractivity contribution in [3.05, 3.63) is 29.3 Å². The van der Waals surface area contributed by atoms with Crippen molar-refractivity contribution in [3.63, 3.8) is 0 Å². The number of aliphatic hydroxyl groups excluding tert-OH is 1. The summed E-state index contributed by atoms with van der Waals surface area (Å²) >= 11 is 0. The molecule has 2 nitrogen and oxygen atoms in total. The standard InChI is InChI=1S/C13H20O2/c1-4-5-12(14)9-15-13-8-10(2)6-7-11(13)3/h6-8,12,14H,4-5,9H2,1-3H3. The lowest BCUT2D eigenvalue weighted by Gasteiger charge is -2.13. The van der Waals surface area contributed by atoms with Crippen LogP contribution in [0.4, 0.5) is 0 Å². The molecule has 15 heavy (non-hydrogen) atoms. The third-order valence-electron chi connectivity index (χ3n) is 2.40. The fourth-order valence-electron chi connectivity index (χ4n) is 1.47. The SMILES string of the molecule is CCCC(O)COc1cc(C)ccc1C. The first-order valence-electron chi connectivity index (χ1n) is 5.51. The molecule has 0 fully saturated rings. The van der Waals surface area contributed by atoms with Gasteiger partial charge in [-0.15, -0.1) is 0 Å². The third-order valence-corrected chi connectivity index (χ3v) is 2.40. The Morgan fingerprint density at radius 3 is 2.73 bits per heavy atom.